The van der Waals surface area contributed by atoms with E-state index in [9.17, 15) is 0 Å². The monoisotopic (exact) mass is 849 g/mol. The summed E-state index contributed by atoms with van der Waals surface area (Å²) in [6.45, 7) is 0. The molecular weight excluding hydrogens is 811 g/mol. The van der Waals surface area contributed by atoms with Gasteiger partial charge >= 0.3 is 0 Å². The van der Waals surface area contributed by atoms with Gasteiger partial charge in [-0.05, 0) is 128 Å². The molecule has 2 heterocycles. The lowest BCUT2D eigenvalue weighted by Gasteiger charge is -2.34. The molecule has 0 saturated carbocycles. The Labute approximate surface area is 380 Å². The van der Waals surface area contributed by atoms with E-state index in [4.69, 9.17) is 0 Å². The van der Waals surface area contributed by atoms with Crippen LogP contribution >= 0.6 is 22.7 Å². The number of anilines is 3. The molecular formula is C61H39NS2. The first-order valence-electron chi connectivity index (χ1n) is 21.9. The van der Waals surface area contributed by atoms with E-state index in [0.29, 0.717) is 0 Å². The minimum absolute atomic E-state index is 0.453. The Bertz CT molecular complexity index is 3690. The Balaban J connectivity index is 0.953. The van der Waals surface area contributed by atoms with Crippen molar-refractivity contribution in [3.05, 3.63) is 259 Å². The minimum Gasteiger partial charge on any atom is -0.310 e. The molecule has 300 valence electrons. The molecule has 12 aromatic rings. The summed E-state index contributed by atoms with van der Waals surface area (Å²) in [4.78, 5) is 2.44. The van der Waals surface area contributed by atoms with Gasteiger partial charge in [-0.3, -0.25) is 0 Å². The van der Waals surface area contributed by atoms with Crippen LogP contribution in [0.3, 0.4) is 0 Å². The van der Waals surface area contributed by atoms with E-state index >= 15 is 0 Å². The van der Waals surface area contributed by atoms with Crippen molar-refractivity contribution in [1.29, 1.82) is 0 Å². The van der Waals surface area contributed by atoms with Crippen molar-refractivity contribution in [3.8, 4) is 33.4 Å². The van der Waals surface area contributed by atoms with E-state index in [1.165, 1.54) is 96.0 Å². The molecule has 0 spiro atoms. The second-order valence-electron chi connectivity index (χ2n) is 16.8. The van der Waals surface area contributed by atoms with Gasteiger partial charge in [-0.25, -0.2) is 0 Å². The lowest BCUT2D eigenvalue weighted by Crippen LogP contribution is -2.28. The molecule has 13 rings (SSSR count). The maximum atomic E-state index is 2.44. The van der Waals surface area contributed by atoms with Crippen molar-refractivity contribution < 1.29 is 0 Å². The first-order valence-corrected chi connectivity index (χ1v) is 23.5. The first-order chi connectivity index (χ1) is 31.7. The third-order valence-corrected chi connectivity index (χ3v) is 15.7. The summed E-state index contributed by atoms with van der Waals surface area (Å²) in [5.41, 5.74) is 15.4. The van der Waals surface area contributed by atoms with Crippen LogP contribution in [0.1, 0.15) is 22.3 Å². The molecule has 0 atom stereocenters. The van der Waals surface area contributed by atoms with Crippen molar-refractivity contribution in [3.63, 3.8) is 0 Å². The van der Waals surface area contributed by atoms with Gasteiger partial charge in [0.05, 0.1) is 5.41 Å². The first kappa shape index (κ1) is 37.0. The lowest BCUT2D eigenvalue weighted by molar-refractivity contribution is 0.768. The predicted octanol–water partition coefficient (Wildman–Crippen LogP) is 17.6. The third kappa shape index (κ3) is 5.75. The summed E-state index contributed by atoms with van der Waals surface area (Å²) in [7, 11) is 0. The van der Waals surface area contributed by atoms with Crippen molar-refractivity contribution in [2.45, 2.75) is 5.41 Å². The third-order valence-electron chi connectivity index (χ3n) is 13.4. The van der Waals surface area contributed by atoms with Crippen molar-refractivity contribution in [1.82, 2.24) is 0 Å². The van der Waals surface area contributed by atoms with Crippen LogP contribution in [0.2, 0.25) is 0 Å². The SMILES string of the molecule is c1ccc(C2(c3ccccc3)c3ccccc3-c3cc(N(c4ccc(-c5cccc(-c6ccc7sc8ccccc8c7c6)c5)cc4)c4ccc5sc6ccccc6c5c4)ccc32)cc1. The van der Waals surface area contributed by atoms with E-state index in [0.717, 1.165) is 17.1 Å². The van der Waals surface area contributed by atoms with Crippen molar-refractivity contribution >= 4 is 80.1 Å². The van der Waals surface area contributed by atoms with Crippen molar-refractivity contribution in [2.75, 3.05) is 4.90 Å². The number of rotatable bonds is 7. The Kier molecular flexibility index (Phi) is 8.55. The molecule has 0 bridgehead atoms. The number of nitrogens with zero attached hydrogens (tertiary/aromatic N) is 1. The van der Waals surface area contributed by atoms with Gasteiger partial charge in [-0.2, -0.15) is 0 Å². The average molecular weight is 850 g/mol. The highest BCUT2D eigenvalue weighted by Crippen LogP contribution is 2.57. The highest BCUT2D eigenvalue weighted by molar-refractivity contribution is 7.26. The topological polar surface area (TPSA) is 3.24 Å². The molecule has 1 aliphatic carbocycles. The highest BCUT2D eigenvalue weighted by Gasteiger charge is 2.46. The Hall–Kier alpha value is -7.56. The molecule has 64 heavy (non-hydrogen) atoms. The fourth-order valence-electron chi connectivity index (χ4n) is 10.5. The van der Waals surface area contributed by atoms with Gasteiger partial charge < -0.3 is 4.90 Å². The van der Waals surface area contributed by atoms with Gasteiger partial charge in [0.1, 0.15) is 0 Å². The van der Waals surface area contributed by atoms with Crippen LogP contribution in [-0.4, -0.2) is 0 Å². The number of fused-ring (bicyclic) bond motifs is 9. The summed E-state index contributed by atoms with van der Waals surface area (Å²) in [6, 6.07) is 87.8. The van der Waals surface area contributed by atoms with E-state index in [2.05, 4.69) is 241 Å². The molecule has 10 aromatic carbocycles. The normalized spacial score (nSPS) is 12.8. The predicted molar refractivity (Wildman–Crippen MR) is 275 cm³/mol. The summed E-state index contributed by atoms with van der Waals surface area (Å²) < 4.78 is 5.26. The second kappa shape index (κ2) is 14.8. The molecule has 1 aliphatic rings. The summed E-state index contributed by atoms with van der Waals surface area (Å²) in [6.07, 6.45) is 0. The molecule has 0 amide bonds. The van der Waals surface area contributed by atoms with Gasteiger partial charge in [0.15, 0.2) is 0 Å². The molecule has 0 N–H and O–H groups in total. The molecule has 0 aliphatic heterocycles. The fourth-order valence-corrected chi connectivity index (χ4v) is 12.6. The molecule has 0 radical (unpaired) electrons. The minimum atomic E-state index is -0.453. The van der Waals surface area contributed by atoms with Crippen LogP contribution in [0, 0.1) is 0 Å². The van der Waals surface area contributed by atoms with Crippen LogP contribution in [0.25, 0.3) is 73.7 Å². The molecule has 0 saturated heterocycles. The fraction of sp³-hybridized carbons (Fsp3) is 0.0164. The Morgan fingerprint density at radius 3 is 1.47 bits per heavy atom. The molecule has 1 nitrogen and oxygen atoms in total. The quantitative estimate of drug-likeness (QED) is 0.154. The van der Waals surface area contributed by atoms with Gasteiger partial charge in [0.2, 0.25) is 0 Å². The zero-order valence-electron chi connectivity index (χ0n) is 34.8. The summed E-state index contributed by atoms with van der Waals surface area (Å²) in [5.74, 6) is 0. The summed E-state index contributed by atoms with van der Waals surface area (Å²) in [5, 5.41) is 5.22. The zero-order valence-corrected chi connectivity index (χ0v) is 36.4. The highest BCUT2D eigenvalue weighted by atomic mass is 32.1. The second-order valence-corrected chi connectivity index (χ2v) is 19.0. The van der Waals surface area contributed by atoms with Gasteiger partial charge in [-0.15, -0.1) is 22.7 Å². The Morgan fingerprint density at radius 1 is 0.281 bits per heavy atom. The van der Waals surface area contributed by atoms with Gasteiger partial charge in [0, 0.05) is 57.4 Å². The van der Waals surface area contributed by atoms with Gasteiger partial charge in [0.25, 0.3) is 0 Å². The van der Waals surface area contributed by atoms with E-state index < -0.39 is 5.41 Å². The van der Waals surface area contributed by atoms with Crippen LogP contribution in [0.4, 0.5) is 17.1 Å². The standard InChI is InChI=1S/C61H39NS2/c1-3-16-44(17-4-1)61(45-18-5-2-6-19-45)55-23-10-7-20-49(55)52-38-47(31-33-56(52)61)62(48-32-35-60-54(39-48)51-22-9-12-25-58(51)64-60)46-29-26-40(27-30-46)41-14-13-15-42(36-41)43-28-34-59-53(37-43)50-21-8-11-24-57(50)63-59/h1-39H. The van der Waals surface area contributed by atoms with E-state index in [1.54, 1.807) is 0 Å². The smallest absolute Gasteiger partial charge is 0.0713 e. The van der Waals surface area contributed by atoms with E-state index in [-0.39, 0.29) is 0 Å². The molecule has 3 heteroatoms. The number of hydrogen-bond acceptors (Lipinski definition) is 3. The van der Waals surface area contributed by atoms with Crippen LogP contribution in [0.15, 0.2) is 237 Å². The Morgan fingerprint density at radius 2 is 0.766 bits per heavy atom. The van der Waals surface area contributed by atoms with Crippen LogP contribution in [-0.2, 0) is 5.41 Å². The molecule has 2 aromatic heterocycles. The van der Waals surface area contributed by atoms with Gasteiger partial charge in [-0.1, -0.05) is 164 Å². The largest absolute Gasteiger partial charge is 0.310 e. The maximum Gasteiger partial charge on any atom is 0.0713 e. The number of thiophene rings is 2. The van der Waals surface area contributed by atoms with Crippen molar-refractivity contribution in [2.24, 2.45) is 0 Å². The zero-order chi connectivity index (χ0) is 42.2. The molecule has 0 unspecified atom stereocenters. The maximum absolute atomic E-state index is 2.44. The number of hydrogen-bond donors (Lipinski definition) is 0. The van der Waals surface area contributed by atoms with E-state index in [1.807, 2.05) is 22.7 Å². The number of benzene rings is 10. The van der Waals surface area contributed by atoms with Crippen LogP contribution < -0.4 is 4.90 Å². The lowest BCUT2D eigenvalue weighted by atomic mass is 9.68. The molecule has 0 fully saturated rings. The van der Waals surface area contributed by atoms with Crippen LogP contribution in [0.5, 0.6) is 0 Å². The average Bonchev–Trinajstić information content (AvgIpc) is 4.03. The summed E-state index contributed by atoms with van der Waals surface area (Å²) >= 11 is 3.72.